The molecule has 0 radical (unpaired) electrons. The Labute approximate surface area is 157 Å². The van der Waals surface area contributed by atoms with Crippen LogP contribution in [0.2, 0.25) is 0 Å². The van der Waals surface area contributed by atoms with Crippen molar-refractivity contribution in [1.29, 1.82) is 0 Å². The summed E-state index contributed by atoms with van der Waals surface area (Å²) in [4.78, 5) is 0. The molecule has 0 amide bonds. The van der Waals surface area contributed by atoms with Crippen LogP contribution in [-0.2, 0) is 0 Å². The average Bonchev–Trinajstić information content (AvgIpc) is 2.69. The van der Waals surface area contributed by atoms with Gasteiger partial charge in [0.1, 0.15) is 5.82 Å². The molecule has 0 bridgehead atoms. The average molecular weight is 349 g/mol. The third-order valence-electron chi connectivity index (χ3n) is 6.68. The van der Waals surface area contributed by atoms with Crippen molar-refractivity contribution in [2.45, 2.75) is 51.4 Å². The maximum atomic E-state index is 13.1. The van der Waals surface area contributed by atoms with Gasteiger partial charge in [-0.05, 0) is 97.9 Å². The minimum Gasteiger partial charge on any atom is -0.207 e. The van der Waals surface area contributed by atoms with Gasteiger partial charge in [-0.1, -0.05) is 48.6 Å². The second-order valence-electron chi connectivity index (χ2n) is 8.26. The molecular formula is C25H29F. The molecule has 2 saturated carbocycles. The Morgan fingerprint density at radius 1 is 0.769 bits per heavy atom. The number of allylic oxidation sites excluding steroid dienone is 2. The Kier molecular flexibility index (Phi) is 5.24. The summed E-state index contributed by atoms with van der Waals surface area (Å²) in [5.41, 5.74) is 3.75. The van der Waals surface area contributed by atoms with Crippen molar-refractivity contribution in [1.82, 2.24) is 0 Å². The van der Waals surface area contributed by atoms with Crippen LogP contribution in [0, 0.1) is 23.6 Å². The first-order valence-electron chi connectivity index (χ1n) is 10.2. The van der Waals surface area contributed by atoms with Crippen LogP contribution < -0.4 is 0 Å². The van der Waals surface area contributed by atoms with Crippen molar-refractivity contribution in [3.63, 3.8) is 0 Å². The SMILES string of the molecule is CC=C[C@@H]1CC[C@@H]2CC(c3ccc(-c4ccc(F)cc4)cc3)CC[C@@H]2C1. The van der Waals surface area contributed by atoms with Crippen molar-refractivity contribution in [3.05, 3.63) is 72.1 Å². The van der Waals surface area contributed by atoms with Crippen molar-refractivity contribution in [3.8, 4) is 11.1 Å². The van der Waals surface area contributed by atoms with Crippen LogP contribution in [0.3, 0.4) is 0 Å². The van der Waals surface area contributed by atoms with E-state index >= 15 is 0 Å². The maximum Gasteiger partial charge on any atom is 0.123 e. The molecule has 2 fully saturated rings. The van der Waals surface area contributed by atoms with Crippen LogP contribution in [-0.4, -0.2) is 0 Å². The largest absolute Gasteiger partial charge is 0.207 e. The summed E-state index contributed by atoms with van der Waals surface area (Å²) < 4.78 is 13.1. The summed E-state index contributed by atoms with van der Waals surface area (Å²) >= 11 is 0. The van der Waals surface area contributed by atoms with Gasteiger partial charge >= 0.3 is 0 Å². The van der Waals surface area contributed by atoms with E-state index in [1.807, 2.05) is 12.1 Å². The lowest BCUT2D eigenvalue weighted by Gasteiger charge is -2.41. The summed E-state index contributed by atoms with van der Waals surface area (Å²) in [6.45, 7) is 2.15. The van der Waals surface area contributed by atoms with E-state index in [1.165, 1.54) is 61.8 Å². The minimum absolute atomic E-state index is 0.175. The third-order valence-corrected chi connectivity index (χ3v) is 6.68. The van der Waals surface area contributed by atoms with E-state index in [0.717, 1.165) is 29.2 Å². The fraction of sp³-hybridized carbons (Fsp3) is 0.440. The molecule has 2 aromatic rings. The first-order valence-corrected chi connectivity index (χ1v) is 10.2. The molecule has 2 aromatic carbocycles. The molecule has 0 nitrogen and oxygen atoms in total. The number of benzene rings is 2. The number of hydrogen-bond donors (Lipinski definition) is 0. The van der Waals surface area contributed by atoms with Crippen molar-refractivity contribution >= 4 is 0 Å². The van der Waals surface area contributed by atoms with E-state index in [4.69, 9.17) is 0 Å². The molecule has 0 aliphatic heterocycles. The molecule has 0 heterocycles. The Morgan fingerprint density at radius 3 is 2.08 bits per heavy atom. The molecule has 2 aliphatic carbocycles. The summed E-state index contributed by atoms with van der Waals surface area (Å²) in [5.74, 6) is 3.24. The van der Waals surface area contributed by atoms with Crippen molar-refractivity contribution in [2.75, 3.05) is 0 Å². The van der Waals surface area contributed by atoms with Gasteiger partial charge in [-0.25, -0.2) is 4.39 Å². The topological polar surface area (TPSA) is 0 Å². The van der Waals surface area contributed by atoms with Gasteiger partial charge in [0.25, 0.3) is 0 Å². The smallest absolute Gasteiger partial charge is 0.123 e. The van der Waals surface area contributed by atoms with Crippen LogP contribution in [0.4, 0.5) is 4.39 Å². The molecule has 0 spiro atoms. The predicted octanol–water partition coefficient (Wildman–Crippen LogP) is 7.37. The monoisotopic (exact) mass is 348 g/mol. The fourth-order valence-corrected chi connectivity index (χ4v) is 5.27. The van der Waals surface area contributed by atoms with Gasteiger partial charge in [-0.3, -0.25) is 0 Å². The number of fused-ring (bicyclic) bond motifs is 1. The van der Waals surface area contributed by atoms with Gasteiger partial charge in [-0.15, -0.1) is 0 Å². The zero-order valence-electron chi connectivity index (χ0n) is 15.7. The molecular weight excluding hydrogens is 319 g/mol. The van der Waals surface area contributed by atoms with Crippen LogP contribution >= 0.6 is 0 Å². The summed E-state index contributed by atoms with van der Waals surface area (Å²) in [7, 11) is 0. The Hall–Kier alpha value is -1.89. The number of rotatable bonds is 3. The second kappa shape index (κ2) is 7.78. The lowest BCUT2D eigenvalue weighted by molar-refractivity contribution is 0.133. The number of halogens is 1. The van der Waals surface area contributed by atoms with Gasteiger partial charge < -0.3 is 0 Å². The van der Waals surface area contributed by atoms with E-state index in [2.05, 4.69) is 43.3 Å². The molecule has 4 rings (SSSR count). The van der Waals surface area contributed by atoms with Gasteiger partial charge in [0, 0.05) is 0 Å². The molecule has 0 aromatic heterocycles. The van der Waals surface area contributed by atoms with Crippen molar-refractivity contribution < 1.29 is 4.39 Å². The summed E-state index contributed by atoms with van der Waals surface area (Å²) in [6.07, 6.45) is 12.9. The molecule has 2 aliphatic rings. The maximum absolute atomic E-state index is 13.1. The van der Waals surface area contributed by atoms with Gasteiger partial charge in [0.2, 0.25) is 0 Å². The van der Waals surface area contributed by atoms with E-state index in [0.29, 0.717) is 0 Å². The Balaban J connectivity index is 1.42. The summed E-state index contributed by atoms with van der Waals surface area (Å²) in [5, 5.41) is 0. The first-order chi connectivity index (χ1) is 12.7. The molecule has 0 N–H and O–H groups in total. The highest BCUT2D eigenvalue weighted by molar-refractivity contribution is 5.63. The van der Waals surface area contributed by atoms with E-state index < -0.39 is 0 Å². The van der Waals surface area contributed by atoms with Gasteiger partial charge in [-0.2, -0.15) is 0 Å². The zero-order chi connectivity index (χ0) is 17.9. The fourth-order valence-electron chi connectivity index (χ4n) is 5.27. The van der Waals surface area contributed by atoms with E-state index in [-0.39, 0.29) is 5.82 Å². The Morgan fingerprint density at radius 2 is 1.38 bits per heavy atom. The quantitative estimate of drug-likeness (QED) is 0.508. The second-order valence-corrected chi connectivity index (χ2v) is 8.26. The van der Waals surface area contributed by atoms with Crippen LogP contribution in [0.15, 0.2) is 60.7 Å². The zero-order valence-corrected chi connectivity index (χ0v) is 15.7. The van der Waals surface area contributed by atoms with E-state index in [1.54, 1.807) is 0 Å². The van der Waals surface area contributed by atoms with Crippen LogP contribution in [0.25, 0.3) is 11.1 Å². The highest BCUT2D eigenvalue weighted by atomic mass is 19.1. The predicted molar refractivity (Wildman–Crippen MR) is 108 cm³/mol. The normalized spacial score (nSPS) is 28.8. The van der Waals surface area contributed by atoms with Crippen LogP contribution in [0.5, 0.6) is 0 Å². The van der Waals surface area contributed by atoms with Crippen LogP contribution in [0.1, 0.15) is 56.9 Å². The first kappa shape index (κ1) is 17.5. The molecule has 136 valence electrons. The third kappa shape index (κ3) is 3.77. The lowest BCUT2D eigenvalue weighted by atomic mass is 9.64. The molecule has 0 saturated heterocycles. The molecule has 4 atom stereocenters. The van der Waals surface area contributed by atoms with Gasteiger partial charge in [0.05, 0.1) is 0 Å². The molecule has 26 heavy (non-hydrogen) atoms. The number of hydrogen-bond acceptors (Lipinski definition) is 0. The highest BCUT2D eigenvalue weighted by Gasteiger charge is 2.35. The van der Waals surface area contributed by atoms with Crippen molar-refractivity contribution in [2.24, 2.45) is 17.8 Å². The minimum atomic E-state index is -0.175. The molecule has 1 unspecified atom stereocenters. The molecule has 1 heteroatoms. The highest BCUT2D eigenvalue weighted by Crippen LogP contribution is 2.47. The standard InChI is InChI=1S/C25H29F/c1-2-3-18-4-5-24-17-23(11-10-22(24)16-18)21-8-6-19(7-9-21)20-12-14-25(26)15-13-20/h2-3,6-9,12-15,18,22-24H,4-5,10-11,16-17H2,1H3/t18-,22-,23?,24-/m1/s1. The summed E-state index contributed by atoms with van der Waals surface area (Å²) in [6, 6.07) is 15.8. The Bertz CT molecular complexity index is 741. The van der Waals surface area contributed by atoms with Gasteiger partial charge in [0.15, 0.2) is 0 Å². The lowest BCUT2D eigenvalue weighted by Crippen LogP contribution is -2.30. The van der Waals surface area contributed by atoms with E-state index in [9.17, 15) is 4.39 Å².